The van der Waals surface area contributed by atoms with Crippen LogP contribution in [-0.2, 0) is 4.79 Å². The monoisotopic (exact) mass is 489 g/mol. The summed E-state index contributed by atoms with van der Waals surface area (Å²) in [5.74, 6) is -0.452. The number of rotatable bonds is 7. The number of carbonyl (C=O) groups is 3. The minimum atomic E-state index is -0.463. The van der Waals surface area contributed by atoms with Crippen LogP contribution >= 0.6 is 11.6 Å². The summed E-state index contributed by atoms with van der Waals surface area (Å²) in [4.78, 5) is 42.4. The number of benzene rings is 3. The Balaban J connectivity index is 1.24. The SMILES string of the molecule is O=C(CCCCCN1C(=O)c2ccccc2N2C(=O)c3ccccc3C12)Nc1cc(Cl)ccc1O. The first-order valence-corrected chi connectivity index (χ1v) is 11.9. The van der Waals surface area contributed by atoms with E-state index >= 15 is 0 Å². The molecule has 0 saturated carbocycles. The Bertz CT molecular complexity index is 1330. The van der Waals surface area contributed by atoms with Crippen LogP contribution in [0.5, 0.6) is 5.75 Å². The van der Waals surface area contributed by atoms with Crippen LogP contribution in [0.15, 0.2) is 66.7 Å². The minimum absolute atomic E-state index is 0.0393. The van der Waals surface area contributed by atoms with Gasteiger partial charge in [0.05, 0.1) is 16.9 Å². The molecule has 1 atom stereocenters. The number of anilines is 2. The molecule has 35 heavy (non-hydrogen) atoms. The predicted molar refractivity (Wildman–Crippen MR) is 134 cm³/mol. The molecule has 0 bridgehead atoms. The van der Waals surface area contributed by atoms with E-state index in [0.29, 0.717) is 41.2 Å². The van der Waals surface area contributed by atoms with E-state index in [1.807, 2.05) is 30.3 Å². The van der Waals surface area contributed by atoms with Crippen LogP contribution in [0.1, 0.15) is 58.1 Å². The van der Waals surface area contributed by atoms with Crippen LogP contribution in [0, 0.1) is 0 Å². The highest BCUT2D eigenvalue weighted by Gasteiger charge is 2.47. The van der Waals surface area contributed by atoms with Gasteiger partial charge in [0, 0.05) is 29.1 Å². The van der Waals surface area contributed by atoms with Gasteiger partial charge < -0.3 is 15.3 Å². The number of nitrogens with one attached hydrogen (secondary N) is 1. The Hall–Kier alpha value is -3.84. The van der Waals surface area contributed by atoms with Crippen molar-refractivity contribution in [2.24, 2.45) is 0 Å². The minimum Gasteiger partial charge on any atom is -0.506 e. The number of unbranched alkanes of at least 4 members (excludes halogenated alkanes) is 2. The molecule has 178 valence electrons. The van der Waals surface area contributed by atoms with Gasteiger partial charge in [-0.05, 0) is 49.2 Å². The van der Waals surface area contributed by atoms with Gasteiger partial charge in [-0.15, -0.1) is 0 Å². The van der Waals surface area contributed by atoms with Crippen molar-refractivity contribution in [1.82, 2.24) is 4.90 Å². The highest BCUT2D eigenvalue weighted by Crippen LogP contribution is 2.45. The normalized spacial score (nSPS) is 16.1. The average Bonchev–Trinajstić information content (AvgIpc) is 3.16. The second-order valence-electron chi connectivity index (χ2n) is 8.67. The van der Waals surface area contributed by atoms with Gasteiger partial charge in [0.2, 0.25) is 5.91 Å². The Labute approximate surface area is 207 Å². The lowest BCUT2D eigenvalue weighted by atomic mass is 10.0. The van der Waals surface area contributed by atoms with E-state index < -0.39 is 6.17 Å². The fraction of sp³-hybridized carbons (Fsp3) is 0.222. The molecule has 3 amide bonds. The van der Waals surface area contributed by atoms with Crippen LogP contribution in [0.2, 0.25) is 5.02 Å². The summed E-state index contributed by atoms with van der Waals surface area (Å²) in [6, 6.07) is 19.1. The molecule has 3 aromatic rings. The van der Waals surface area contributed by atoms with Gasteiger partial charge in [-0.25, -0.2) is 0 Å². The third-order valence-electron chi connectivity index (χ3n) is 6.42. The summed E-state index contributed by atoms with van der Waals surface area (Å²) >= 11 is 5.92. The van der Waals surface area contributed by atoms with Crippen molar-refractivity contribution in [2.75, 3.05) is 16.8 Å². The third kappa shape index (κ3) is 4.23. The number of aromatic hydroxyl groups is 1. The van der Waals surface area contributed by atoms with Crippen LogP contribution in [0.25, 0.3) is 0 Å². The smallest absolute Gasteiger partial charge is 0.260 e. The third-order valence-corrected chi connectivity index (χ3v) is 6.65. The maximum atomic E-state index is 13.4. The Morgan fingerprint density at radius 2 is 1.66 bits per heavy atom. The van der Waals surface area contributed by atoms with Crippen molar-refractivity contribution < 1.29 is 19.5 Å². The van der Waals surface area contributed by atoms with Crippen LogP contribution < -0.4 is 10.2 Å². The molecule has 0 saturated heterocycles. The molecule has 2 heterocycles. The number of phenolic OH excluding ortho intramolecular Hbond substituents is 1. The Kier molecular flexibility index (Phi) is 6.17. The van der Waals surface area contributed by atoms with E-state index in [2.05, 4.69) is 5.32 Å². The van der Waals surface area contributed by atoms with E-state index in [1.54, 1.807) is 34.1 Å². The van der Waals surface area contributed by atoms with Gasteiger partial charge in [0.25, 0.3) is 11.8 Å². The number of hydrogen-bond donors (Lipinski definition) is 2. The molecule has 2 aliphatic heterocycles. The first-order valence-electron chi connectivity index (χ1n) is 11.6. The number of para-hydroxylation sites is 1. The van der Waals surface area contributed by atoms with Gasteiger partial charge in [-0.1, -0.05) is 48.4 Å². The molecule has 3 aromatic carbocycles. The number of hydrogen-bond acceptors (Lipinski definition) is 4. The van der Waals surface area contributed by atoms with Crippen molar-refractivity contribution >= 4 is 40.7 Å². The standard InChI is InChI=1S/C27H24ClN3O4/c28-17-13-14-23(32)21(16-17)29-24(33)12-2-1-7-15-30-25-18-8-3-4-9-19(18)27(35)31(25)22-11-6-5-10-20(22)26(30)34/h3-6,8-11,13-14,16,25,32H,1-2,7,12,15H2,(H,29,33). The predicted octanol–water partition coefficient (Wildman–Crippen LogP) is 5.36. The summed E-state index contributed by atoms with van der Waals surface area (Å²) in [7, 11) is 0. The zero-order chi connectivity index (χ0) is 24.5. The van der Waals surface area contributed by atoms with Crippen molar-refractivity contribution in [1.29, 1.82) is 0 Å². The van der Waals surface area contributed by atoms with Crippen LogP contribution in [0.3, 0.4) is 0 Å². The molecule has 5 rings (SSSR count). The van der Waals surface area contributed by atoms with Gasteiger partial charge >= 0.3 is 0 Å². The lowest BCUT2D eigenvalue weighted by Crippen LogP contribution is -2.48. The molecule has 0 aromatic heterocycles. The molecule has 0 fully saturated rings. The highest BCUT2D eigenvalue weighted by molar-refractivity contribution is 6.31. The van der Waals surface area contributed by atoms with E-state index in [-0.39, 0.29) is 35.6 Å². The zero-order valence-corrected chi connectivity index (χ0v) is 19.7. The zero-order valence-electron chi connectivity index (χ0n) is 18.9. The summed E-state index contributed by atoms with van der Waals surface area (Å²) < 4.78 is 0. The summed E-state index contributed by atoms with van der Waals surface area (Å²) in [6.45, 7) is 0.465. The topological polar surface area (TPSA) is 90.0 Å². The average molecular weight is 490 g/mol. The van der Waals surface area contributed by atoms with Crippen LogP contribution in [0.4, 0.5) is 11.4 Å². The lowest BCUT2D eigenvalue weighted by molar-refractivity contribution is -0.116. The molecule has 1 unspecified atom stereocenters. The van der Waals surface area contributed by atoms with E-state index in [0.717, 1.165) is 12.0 Å². The first kappa shape index (κ1) is 22.9. The van der Waals surface area contributed by atoms with Crippen LogP contribution in [-0.4, -0.2) is 34.3 Å². The molecule has 0 radical (unpaired) electrons. The van der Waals surface area contributed by atoms with Crippen molar-refractivity contribution in [2.45, 2.75) is 31.8 Å². The number of carbonyl (C=O) groups excluding carboxylic acids is 3. The van der Waals surface area contributed by atoms with Crippen molar-refractivity contribution in [3.05, 3.63) is 88.4 Å². The second kappa shape index (κ2) is 9.43. The number of amides is 3. The maximum absolute atomic E-state index is 13.4. The van der Waals surface area contributed by atoms with Gasteiger partial charge in [-0.2, -0.15) is 0 Å². The van der Waals surface area contributed by atoms with E-state index in [4.69, 9.17) is 11.6 Å². The molecule has 0 spiro atoms. The fourth-order valence-corrected chi connectivity index (χ4v) is 4.94. The molecule has 8 heteroatoms. The first-order chi connectivity index (χ1) is 17.0. The molecular formula is C27H24ClN3O4. The summed E-state index contributed by atoms with van der Waals surface area (Å²) in [5, 5.41) is 13.0. The lowest BCUT2D eigenvalue weighted by Gasteiger charge is -2.41. The largest absolute Gasteiger partial charge is 0.506 e. The summed E-state index contributed by atoms with van der Waals surface area (Å²) in [6.07, 6.45) is 1.85. The van der Waals surface area contributed by atoms with Crippen molar-refractivity contribution in [3.8, 4) is 5.75 Å². The number of phenols is 1. The molecule has 7 nitrogen and oxygen atoms in total. The van der Waals surface area contributed by atoms with Gasteiger partial charge in [0.1, 0.15) is 11.9 Å². The quantitative estimate of drug-likeness (QED) is 0.345. The molecule has 0 aliphatic carbocycles. The molecular weight excluding hydrogens is 466 g/mol. The Morgan fingerprint density at radius 1 is 0.914 bits per heavy atom. The van der Waals surface area contributed by atoms with Gasteiger partial charge in [-0.3, -0.25) is 19.3 Å². The second-order valence-corrected chi connectivity index (χ2v) is 9.11. The molecule has 2 aliphatic rings. The van der Waals surface area contributed by atoms with E-state index in [1.165, 1.54) is 12.1 Å². The Morgan fingerprint density at radius 3 is 2.49 bits per heavy atom. The summed E-state index contributed by atoms with van der Waals surface area (Å²) in [5.41, 5.74) is 2.89. The number of halogens is 1. The maximum Gasteiger partial charge on any atom is 0.260 e. The highest BCUT2D eigenvalue weighted by atomic mass is 35.5. The number of nitrogens with zero attached hydrogens (tertiary/aromatic N) is 2. The van der Waals surface area contributed by atoms with Crippen molar-refractivity contribution in [3.63, 3.8) is 0 Å². The number of fused-ring (bicyclic) bond motifs is 5. The fourth-order valence-electron chi connectivity index (χ4n) is 4.76. The molecule has 2 N–H and O–H groups in total. The van der Waals surface area contributed by atoms with E-state index in [9.17, 15) is 19.5 Å². The van der Waals surface area contributed by atoms with Gasteiger partial charge in [0.15, 0.2) is 0 Å².